The zero-order chi connectivity index (χ0) is 17.3. The van der Waals surface area contributed by atoms with E-state index in [0.29, 0.717) is 11.4 Å². The summed E-state index contributed by atoms with van der Waals surface area (Å²) >= 11 is 0. The molecular formula is C18H21N3O3. The molecule has 3 rings (SSSR count). The smallest absolute Gasteiger partial charge is 0.350 e. The molecule has 126 valence electrons. The number of hydrogen-bond acceptors (Lipinski definition) is 4. The van der Waals surface area contributed by atoms with Crippen LogP contribution in [0.5, 0.6) is 5.75 Å². The topological polar surface area (TPSA) is 82.3 Å². The molecular weight excluding hydrogens is 306 g/mol. The Morgan fingerprint density at radius 3 is 2.71 bits per heavy atom. The predicted molar refractivity (Wildman–Crippen MR) is 92.3 cm³/mol. The molecule has 1 N–H and O–H groups in total. The summed E-state index contributed by atoms with van der Waals surface area (Å²) in [4.78, 5) is 33.9. The van der Waals surface area contributed by atoms with Crippen molar-refractivity contribution in [1.82, 2.24) is 4.90 Å². The van der Waals surface area contributed by atoms with Gasteiger partial charge in [-0.3, -0.25) is 9.69 Å². The van der Waals surface area contributed by atoms with Gasteiger partial charge in [-0.2, -0.15) is 4.99 Å². The first kappa shape index (κ1) is 16.4. The normalized spacial score (nSPS) is 19.6. The zero-order valence-corrected chi connectivity index (χ0v) is 14.0. The molecule has 0 aliphatic carbocycles. The molecule has 0 saturated carbocycles. The number of fused-ring (bicyclic) bond motifs is 2. The number of amides is 3. The second-order valence-electron chi connectivity index (χ2n) is 6.25. The minimum Gasteiger partial charge on any atom is -0.508 e. The molecule has 2 aliphatic rings. The molecule has 0 fully saturated rings. The van der Waals surface area contributed by atoms with Gasteiger partial charge in [-0.25, -0.2) is 9.79 Å². The van der Waals surface area contributed by atoms with Crippen molar-refractivity contribution >= 4 is 29.0 Å². The van der Waals surface area contributed by atoms with Gasteiger partial charge in [0.25, 0.3) is 5.91 Å². The molecule has 3 amide bonds. The summed E-state index contributed by atoms with van der Waals surface area (Å²) < 4.78 is 0. The van der Waals surface area contributed by atoms with Gasteiger partial charge in [0.05, 0.1) is 11.4 Å². The molecule has 0 aromatic heterocycles. The number of benzene rings is 1. The molecule has 6 heteroatoms. The van der Waals surface area contributed by atoms with E-state index in [1.54, 1.807) is 18.2 Å². The molecule has 0 radical (unpaired) electrons. The number of aromatic hydroxyl groups is 1. The Hall–Kier alpha value is -2.50. The Labute approximate surface area is 140 Å². The zero-order valence-electron chi connectivity index (χ0n) is 14.0. The summed E-state index contributed by atoms with van der Waals surface area (Å²) in [6.07, 6.45) is 5.12. The average Bonchev–Trinajstić information content (AvgIpc) is 2.57. The molecule has 24 heavy (non-hydrogen) atoms. The van der Waals surface area contributed by atoms with Gasteiger partial charge in [0.2, 0.25) is 0 Å². The fourth-order valence-electron chi connectivity index (χ4n) is 3.19. The van der Waals surface area contributed by atoms with Crippen molar-refractivity contribution < 1.29 is 14.7 Å². The van der Waals surface area contributed by atoms with Gasteiger partial charge in [0, 0.05) is 13.0 Å². The lowest BCUT2D eigenvalue weighted by Crippen LogP contribution is -2.47. The van der Waals surface area contributed by atoms with E-state index in [2.05, 4.69) is 16.9 Å². The van der Waals surface area contributed by atoms with Gasteiger partial charge < -0.3 is 5.11 Å². The van der Waals surface area contributed by atoms with E-state index in [1.807, 2.05) is 0 Å². The predicted octanol–water partition coefficient (Wildman–Crippen LogP) is 3.57. The van der Waals surface area contributed by atoms with Crippen molar-refractivity contribution in [1.29, 1.82) is 0 Å². The van der Waals surface area contributed by atoms with E-state index in [4.69, 9.17) is 0 Å². The summed E-state index contributed by atoms with van der Waals surface area (Å²) in [6.45, 7) is 2.15. The lowest BCUT2D eigenvalue weighted by Gasteiger charge is -2.30. The second-order valence-corrected chi connectivity index (χ2v) is 6.25. The van der Waals surface area contributed by atoms with Gasteiger partial charge in [-0.15, -0.1) is 0 Å². The minimum absolute atomic E-state index is 0.150. The number of imide groups is 1. The molecule has 2 heterocycles. The third-order valence-corrected chi connectivity index (χ3v) is 4.55. The van der Waals surface area contributed by atoms with Crippen molar-refractivity contribution in [2.75, 3.05) is 7.05 Å². The standard InChI is InChI=1S/C18H21N3O3/c1-3-4-5-6-7-12-13-10-11(22)8-9-14(13)19-16-15(12)20-18(24)21(2)17(16)23/h8-10,12,22H,3-7H2,1-2H3. The first-order chi connectivity index (χ1) is 11.5. The number of carbonyl (C=O) groups is 2. The van der Waals surface area contributed by atoms with Crippen LogP contribution < -0.4 is 0 Å². The number of nitrogens with zero attached hydrogens (tertiary/aromatic N) is 3. The highest BCUT2D eigenvalue weighted by Gasteiger charge is 2.39. The Kier molecular flexibility index (Phi) is 4.46. The van der Waals surface area contributed by atoms with E-state index in [-0.39, 0.29) is 17.4 Å². The van der Waals surface area contributed by atoms with Crippen molar-refractivity contribution in [3.63, 3.8) is 0 Å². The monoisotopic (exact) mass is 327 g/mol. The molecule has 6 nitrogen and oxygen atoms in total. The van der Waals surface area contributed by atoms with Gasteiger partial charge in [0.15, 0.2) is 5.71 Å². The van der Waals surface area contributed by atoms with Gasteiger partial charge in [-0.1, -0.05) is 32.6 Å². The Bertz CT molecular complexity index is 752. The van der Waals surface area contributed by atoms with Crippen molar-refractivity contribution in [3.05, 3.63) is 23.8 Å². The maximum atomic E-state index is 12.4. The van der Waals surface area contributed by atoms with Gasteiger partial charge >= 0.3 is 6.03 Å². The fraction of sp³-hybridized carbons (Fsp3) is 0.444. The Balaban J connectivity index is 2.02. The van der Waals surface area contributed by atoms with Crippen LogP contribution in [0.4, 0.5) is 10.5 Å². The van der Waals surface area contributed by atoms with Crippen LogP contribution in [0.3, 0.4) is 0 Å². The summed E-state index contributed by atoms with van der Waals surface area (Å²) in [5, 5.41) is 9.83. The summed E-state index contributed by atoms with van der Waals surface area (Å²) in [7, 11) is 1.41. The number of rotatable bonds is 5. The van der Waals surface area contributed by atoms with E-state index in [9.17, 15) is 14.7 Å². The summed E-state index contributed by atoms with van der Waals surface area (Å²) in [6, 6.07) is 4.37. The van der Waals surface area contributed by atoms with Crippen LogP contribution in [0.15, 0.2) is 28.2 Å². The average molecular weight is 327 g/mol. The molecule has 1 atom stereocenters. The molecule has 1 aromatic rings. The van der Waals surface area contributed by atoms with Gasteiger partial charge in [-0.05, 0) is 30.2 Å². The second kappa shape index (κ2) is 6.55. The van der Waals surface area contributed by atoms with Gasteiger partial charge in [0.1, 0.15) is 5.75 Å². The lowest BCUT2D eigenvalue weighted by molar-refractivity contribution is -0.120. The van der Waals surface area contributed by atoms with Crippen LogP contribution in [0.25, 0.3) is 0 Å². The third kappa shape index (κ3) is 2.84. The molecule has 0 saturated heterocycles. The van der Waals surface area contributed by atoms with E-state index >= 15 is 0 Å². The van der Waals surface area contributed by atoms with Crippen LogP contribution in [-0.2, 0) is 4.79 Å². The van der Waals surface area contributed by atoms with Crippen molar-refractivity contribution in [2.45, 2.75) is 44.9 Å². The maximum absolute atomic E-state index is 12.4. The molecule has 0 bridgehead atoms. The van der Waals surface area contributed by atoms with E-state index in [0.717, 1.165) is 42.6 Å². The number of hydrogen-bond donors (Lipinski definition) is 1. The van der Waals surface area contributed by atoms with Crippen LogP contribution in [0.2, 0.25) is 0 Å². The molecule has 2 aliphatic heterocycles. The number of unbranched alkanes of at least 4 members (excludes halogenated alkanes) is 3. The fourth-order valence-corrected chi connectivity index (χ4v) is 3.19. The van der Waals surface area contributed by atoms with E-state index < -0.39 is 11.9 Å². The van der Waals surface area contributed by atoms with Crippen LogP contribution in [-0.4, -0.2) is 40.4 Å². The quantitative estimate of drug-likeness (QED) is 0.839. The summed E-state index contributed by atoms with van der Waals surface area (Å²) in [5.74, 6) is -0.447. The first-order valence-corrected chi connectivity index (χ1v) is 8.35. The highest BCUT2D eigenvalue weighted by atomic mass is 16.3. The highest BCUT2D eigenvalue weighted by molar-refractivity contribution is 6.71. The molecule has 1 aromatic carbocycles. The van der Waals surface area contributed by atoms with Crippen LogP contribution in [0, 0.1) is 0 Å². The number of carbonyl (C=O) groups excluding carboxylic acids is 2. The SMILES string of the molecule is CCCCCCC1C2=NC(=O)N(C)C(=O)C2=Nc2ccc(O)cc21. The number of urea groups is 1. The van der Waals surface area contributed by atoms with E-state index in [1.165, 1.54) is 7.05 Å². The number of aliphatic imine (C=N–C) groups is 2. The lowest BCUT2D eigenvalue weighted by atomic mass is 9.82. The van der Waals surface area contributed by atoms with Crippen LogP contribution >= 0.6 is 0 Å². The molecule has 0 spiro atoms. The largest absolute Gasteiger partial charge is 0.508 e. The first-order valence-electron chi connectivity index (χ1n) is 8.35. The van der Waals surface area contributed by atoms with Crippen molar-refractivity contribution in [3.8, 4) is 5.75 Å². The van der Waals surface area contributed by atoms with Crippen LogP contribution in [0.1, 0.15) is 50.5 Å². The number of phenolic OH excluding ortho intramolecular Hbond substituents is 1. The Morgan fingerprint density at radius 1 is 1.17 bits per heavy atom. The minimum atomic E-state index is -0.559. The molecule has 1 unspecified atom stereocenters. The summed E-state index contributed by atoms with van der Waals surface area (Å²) in [5.41, 5.74) is 2.19. The number of phenols is 1. The third-order valence-electron chi connectivity index (χ3n) is 4.55. The van der Waals surface area contributed by atoms with Crippen molar-refractivity contribution in [2.24, 2.45) is 9.98 Å². The Morgan fingerprint density at radius 2 is 1.96 bits per heavy atom. The maximum Gasteiger partial charge on any atom is 0.350 e. The highest BCUT2D eigenvalue weighted by Crippen LogP contribution is 2.39.